The number of hydrogen-bond donors (Lipinski definition) is 2. The maximum absolute atomic E-state index is 10.9. The molecule has 2 aromatic heterocycles. The number of anilines is 2. The molecule has 33 heavy (non-hydrogen) atoms. The molecule has 1 aromatic carbocycles. The third-order valence-electron chi connectivity index (χ3n) is 5.51. The van der Waals surface area contributed by atoms with E-state index in [2.05, 4.69) is 42.8 Å². The molecule has 0 aliphatic heterocycles. The molecule has 6 heteroatoms. The molecule has 0 radical (unpaired) electrons. The number of nitrogens with one attached hydrogen (secondary N) is 1. The minimum atomic E-state index is -0.832. The van der Waals surface area contributed by atoms with Gasteiger partial charge in [-0.25, -0.2) is 9.97 Å². The summed E-state index contributed by atoms with van der Waals surface area (Å²) in [5.41, 5.74) is 4.88. The van der Waals surface area contributed by atoms with Crippen molar-refractivity contribution >= 4 is 34.9 Å². The zero-order valence-electron chi connectivity index (χ0n) is 19.7. The van der Waals surface area contributed by atoms with Gasteiger partial charge in [0.25, 0.3) is 0 Å². The number of aromatic nitrogens is 2. The molecule has 0 bridgehead atoms. The molecule has 0 saturated carbocycles. The minimum Gasteiger partial charge on any atom is -0.481 e. The van der Waals surface area contributed by atoms with Crippen LogP contribution in [0.2, 0.25) is 0 Å². The normalized spacial score (nSPS) is 11.2. The maximum atomic E-state index is 10.9. The number of carboxylic acid groups (broad SMARTS) is 1. The van der Waals surface area contributed by atoms with Gasteiger partial charge in [0.1, 0.15) is 5.82 Å². The molecular formula is C27H33N3O2S. The molecule has 2 heterocycles. The Labute approximate surface area is 200 Å². The molecule has 0 fully saturated rings. The van der Waals surface area contributed by atoms with Gasteiger partial charge in [0, 0.05) is 16.9 Å². The number of carboxylic acids is 1. The summed E-state index contributed by atoms with van der Waals surface area (Å²) < 4.78 is 0. The Morgan fingerprint density at radius 3 is 2.61 bits per heavy atom. The van der Waals surface area contributed by atoms with Crippen LogP contribution in [0, 0.1) is 6.92 Å². The topological polar surface area (TPSA) is 75.1 Å². The van der Waals surface area contributed by atoms with Crippen LogP contribution in [0.5, 0.6) is 0 Å². The molecule has 0 unspecified atom stereocenters. The van der Waals surface area contributed by atoms with Crippen molar-refractivity contribution in [2.24, 2.45) is 0 Å². The van der Waals surface area contributed by atoms with E-state index in [9.17, 15) is 4.79 Å². The van der Waals surface area contributed by atoms with Crippen LogP contribution in [0.15, 0.2) is 41.8 Å². The van der Waals surface area contributed by atoms with E-state index in [1.165, 1.54) is 31.2 Å². The zero-order valence-corrected chi connectivity index (χ0v) is 20.5. The van der Waals surface area contributed by atoms with Gasteiger partial charge < -0.3 is 10.4 Å². The molecule has 0 saturated heterocycles. The number of hydrogen-bond acceptors (Lipinski definition) is 5. The number of rotatable bonds is 12. The number of benzene rings is 1. The van der Waals surface area contributed by atoms with Crippen molar-refractivity contribution < 1.29 is 9.90 Å². The molecule has 0 spiro atoms. The fourth-order valence-electron chi connectivity index (χ4n) is 3.71. The Kier molecular flexibility index (Phi) is 9.19. The van der Waals surface area contributed by atoms with E-state index in [0.717, 1.165) is 51.9 Å². The predicted octanol–water partition coefficient (Wildman–Crippen LogP) is 7.43. The molecule has 0 aliphatic rings. The van der Waals surface area contributed by atoms with Gasteiger partial charge in [0.05, 0.1) is 11.3 Å². The van der Waals surface area contributed by atoms with E-state index in [4.69, 9.17) is 15.1 Å². The predicted molar refractivity (Wildman–Crippen MR) is 138 cm³/mol. The first-order chi connectivity index (χ1) is 16.0. The first kappa shape index (κ1) is 24.6. The molecule has 3 rings (SSSR count). The number of nitrogens with zero attached hydrogens (tertiary/aromatic N) is 2. The maximum Gasteiger partial charge on any atom is 0.307 e. The second-order valence-corrected chi connectivity index (χ2v) is 9.11. The standard InChI is InChI=1S/C27H33N3O2S/c1-4-6-7-8-9-10-11-21-16-24(33-18-21)27-28-19(3)23(5-2)26(30-27)29-22-14-12-20(13-15-22)17-25(31)32/h10-16,18H,4-9,17H2,1-3H3,(H,31,32)(H,28,29,30)/b11-10+. The van der Waals surface area contributed by atoms with Crippen molar-refractivity contribution in [1.82, 2.24) is 9.97 Å². The van der Waals surface area contributed by atoms with Crippen molar-refractivity contribution in [3.63, 3.8) is 0 Å². The highest BCUT2D eigenvalue weighted by atomic mass is 32.1. The van der Waals surface area contributed by atoms with Crippen LogP contribution < -0.4 is 5.32 Å². The average molecular weight is 464 g/mol. The van der Waals surface area contributed by atoms with Gasteiger partial charge in [-0.3, -0.25) is 4.79 Å². The molecule has 174 valence electrons. The highest BCUT2D eigenvalue weighted by Gasteiger charge is 2.13. The van der Waals surface area contributed by atoms with Crippen molar-refractivity contribution in [2.75, 3.05) is 5.32 Å². The van der Waals surface area contributed by atoms with Crippen LogP contribution in [0.4, 0.5) is 11.5 Å². The van der Waals surface area contributed by atoms with E-state index in [1.807, 2.05) is 31.2 Å². The van der Waals surface area contributed by atoms with Gasteiger partial charge in [0.2, 0.25) is 0 Å². The summed E-state index contributed by atoms with van der Waals surface area (Å²) in [4.78, 5) is 21.6. The lowest BCUT2D eigenvalue weighted by molar-refractivity contribution is -0.136. The van der Waals surface area contributed by atoms with Gasteiger partial charge in [0.15, 0.2) is 5.82 Å². The third-order valence-corrected chi connectivity index (χ3v) is 6.46. The minimum absolute atomic E-state index is 0.0190. The van der Waals surface area contributed by atoms with Crippen molar-refractivity contribution in [1.29, 1.82) is 0 Å². The van der Waals surface area contributed by atoms with Gasteiger partial charge in [-0.2, -0.15) is 0 Å². The van der Waals surface area contributed by atoms with Gasteiger partial charge in [-0.05, 0) is 60.9 Å². The van der Waals surface area contributed by atoms with Gasteiger partial charge in [-0.15, -0.1) is 11.3 Å². The van der Waals surface area contributed by atoms with E-state index >= 15 is 0 Å². The Morgan fingerprint density at radius 1 is 1.12 bits per heavy atom. The Hall–Kier alpha value is -2.99. The number of carbonyl (C=O) groups is 1. The van der Waals surface area contributed by atoms with E-state index < -0.39 is 5.97 Å². The quantitative estimate of drug-likeness (QED) is 0.273. The van der Waals surface area contributed by atoms with E-state index in [1.54, 1.807) is 11.3 Å². The molecule has 5 nitrogen and oxygen atoms in total. The number of unbranched alkanes of at least 4 members (excludes halogenated alkanes) is 4. The lowest BCUT2D eigenvalue weighted by Crippen LogP contribution is -2.05. The largest absolute Gasteiger partial charge is 0.481 e. The Bertz CT molecular complexity index is 1090. The lowest BCUT2D eigenvalue weighted by atomic mass is 10.1. The molecule has 0 aliphatic carbocycles. The second kappa shape index (κ2) is 12.3. The summed E-state index contributed by atoms with van der Waals surface area (Å²) in [7, 11) is 0. The van der Waals surface area contributed by atoms with Crippen LogP contribution >= 0.6 is 11.3 Å². The van der Waals surface area contributed by atoms with Crippen LogP contribution in [-0.4, -0.2) is 21.0 Å². The van der Waals surface area contributed by atoms with Crippen molar-refractivity contribution in [3.8, 4) is 10.7 Å². The van der Waals surface area contributed by atoms with Crippen molar-refractivity contribution in [3.05, 3.63) is 64.2 Å². The number of aliphatic carboxylic acids is 1. The zero-order chi connectivity index (χ0) is 23.6. The van der Waals surface area contributed by atoms with Crippen LogP contribution in [-0.2, 0) is 17.6 Å². The summed E-state index contributed by atoms with van der Waals surface area (Å²) in [5, 5.41) is 14.5. The smallest absolute Gasteiger partial charge is 0.307 e. The van der Waals surface area contributed by atoms with E-state index in [-0.39, 0.29) is 6.42 Å². The van der Waals surface area contributed by atoms with Gasteiger partial charge >= 0.3 is 5.97 Å². The summed E-state index contributed by atoms with van der Waals surface area (Å²) in [6.07, 6.45) is 11.5. The summed E-state index contributed by atoms with van der Waals surface area (Å²) >= 11 is 1.66. The summed E-state index contributed by atoms with van der Waals surface area (Å²) in [5.74, 6) is 0.691. The third kappa shape index (κ3) is 7.26. The first-order valence-corrected chi connectivity index (χ1v) is 12.6. The molecule has 0 amide bonds. The number of allylic oxidation sites excluding steroid dienone is 1. The molecular weight excluding hydrogens is 430 g/mol. The SMILES string of the molecule is CCCCCC/C=C/c1csc(-c2nc(C)c(CC)c(Nc3ccc(CC(=O)O)cc3)n2)c1. The lowest BCUT2D eigenvalue weighted by Gasteiger charge is -2.14. The van der Waals surface area contributed by atoms with Crippen molar-refractivity contribution in [2.45, 2.75) is 65.7 Å². The number of thiophene rings is 1. The highest BCUT2D eigenvalue weighted by molar-refractivity contribution is 7.13. The van der Waals surface area contributed by atoms with Crippen LogP contribution in [0.1, 0.15) is 68.3 Å². The fourth-order valence-corrected chi connectivity index (χ4v) is 4.52. The number of aryl methyl sites for hydroxylation is 1. The van der Waals surface area contributed by atoms with Gasteiger partial charge in [-0.1, -0.05) is 57.4 Å². The summed E-state index contributed by atoms with van der Waals surface area (Å²) in [6, 6.07) is 9.60. The monoisotopic (exact) mass is 463 g/mol. The Morgan fingerprint density at radius 2 is 1.91 bits per heavy atom. The fraction of sp³-hybridized carbons (Fsp3) is 0.370. The second-order valence-electron chi connectivity index (χ2n) is 8.20. The first-order valence-electron chi connectivity index (χ1n) is 11.7. The van der Waals surface area contributed by atoms with Crippen LogP contribution in [0.3, 0.4) is 0 Å². The molecule has 3 aromatic rings. The average Bonchev–Trinajstić information content (AvgIpc) is 3.26. The Balaban J connectivity index is 1.76. The highest BCUT2D eigenvalue weighted by Crippen LogP contribution is 2.30. The summed E-state index contributed by atoms with van der Waals surface area (Å²) in [6.45, 7) is 6.36. The molecule has 0 atom stereocenters. The van der Waals surface area contributed by atoms with E-state index in [0.29, 0.717) is 0 Å². The molecule has 2 N–H and O–H groups in total. The van der Waals surface area contributed by atoms with Crippen LogP contribution in [0.25, 0.3) is 16.8 Å².